The van der Waals surface area contributed by atoms with Gasteiger partial charge in [0.05, 0.1) is 28.9 Å². The monoisotopic (exact) mass is 704 g/mol. The van der Waals surface area contributed by atoms with Crippen molar-refractivity contribution in [3.8, 4) is 11.5 Å². The fourth-order valence-electron chi connectivity index (χ4n) is 9.12. The maximum Gasteiger partial charge on any atom is 0.338 e. The van der Waals surface area contributed by atoms with Crippen LogP contribution in [0.2, 0.25) is 0 Å². The van der Waals surface area contributed by atoms with Crippen LogP contribution < -0.4 is 14.9 Å². The van der Waals surface area contributed by atoms with Gasteiger partial charge in [0.2, 0.25) is 5.91 Å². The molecule has 53 heavy (non-hydrogen) atoms. The predicted octanol–water partition coefficient (Wildman–Crippen LogP) is 5.63. The van der Waals surface area contributed by atoms with Gasteiger partial charge in [0, 0.05) is 24.1 Å². The average molecular weight is 705 g/mol. The third kappa shape index (κ3) is 4.68. The lowest BCUT2D eigenvalue weighted by molar-refractivity contribution is -0.323. The maximum absolute atomic E-state index is 14.8. The lowest BCUT2D eigenvalue weighted by Crippen LogP contribution is -2.68. The topological polar surface area (TPSA) is 120 Å². The summed E-state index contributed by atoms with van der Waals surface area (Å²) in [7, 11) is 0. The molecule has 10 heteroatoms. The molecule has 0 radical (unpaired) electrons. The number of carbonyl (C=O) groups is 4. The molecule has 0 fully saturated rings. The number of allylic oxidation sites excluding steroid dienone is 3. The number of para-hydroxylation sites is 1. The highest BCUT2D eigenvalue weighted by Gasteiger charge is 2.66. The van der Waals surface area contributed by atoms with Crippen LogP contribution in [0.1, 0.15) is 54.6 Å². The van der Waals surface area contributed by atoms with Crippen molar-refractivity contribution in [3.05, 3.63) is 166 Å². The molecular formula is C43H32N2O8. The Hall–Kier alpha value is -6.26. The van der Waals surface area contributed by atoms with Gasteiger partial charge in [0.25, 0.3) is 5.91 Å². The molecule has 6 atom stereocenters. The molecule has 0 spiro atoms. The summed E-state index contributed by atoms with van der Waals surface area (Å²) in [6, 6.07) is 26.6. The largest absolute Gasteiger partial charge is 0.457 e. The zero-order valence-electron chi connectivity index (χ0n) is 28.3. The van der Waals surface area contributed by atoms with Crippen molar-refractivity contribution in [2.24, 2.45) is 11.8 Å². The number of ether oxygens (including phenoxy) is 2. The average Bonchev–Trinajstić information content (AvgIpc) is 3.52. The van der Waals surface area contributed by atoms with Gasteiger partial charge < -0.3 is 24.6 Å². The van der Waals surface area contributed by atoms with Gasteiger partial charge in [-0.3, -0.25) is 14.4 Å². The number of amides is 2. The molecule has 262 valence electrons. The SMILES string of the molecule is O=C1OC(C2(C3Cc4ccccc4OC3=O)c3c(cccc3C3C=C4C=CC=CC4C(=O)N3)OOC2N2Cc3ccccc3C2=O)Cc2ccccc21. The molecule has 1 aliphatic carbocycles. The van der Waals surface area contributed by atoms with Crippen molar-refractivity contribution in [1.29, 1.82) is 0 Å². The number of nitrogens with zero attached hydrogens (tertiary/aromatic N) is 1. The standard InChI is InChI=1S/C43H32N2O8/c46-38-28-14-5-1-10-24(28)21-33(44-38)31-17-9-19-35-37(31)43(32-20-26-12-4-8-18-34(26)50-41(32)49,36-22-25-11-2-7-16-30(25)40(48)51-36)42(53-52-35)45-23-27-13-3-6-15-29(27)39(45)47/h1-19,21,28,32-33,36,42H,20,22-23H2,(H,44,46). The lowest BCUT2D eigenvalue weighted by atomic mass is 9.58. The van der Waals surface area contributed by atoms with Crippen molar-refractivity contribution in [1.82, 2.24) is 10.2 Å². The zero-order chi connectivity index (χ0) is 35.8. The maximum atomic E-state index is 14.8. The highest BCUT2D eigenvalue weighted by atomic mass is 17.2. The highest BCUT2D eigenvalue weighted by Crippen LogP contribution is 2.57. The number of benzene rings is 4. The number of fused-ring (bicyclic) bond motifs is 5. The van der Waals surface area contributed by atoms with Crippen LogP contribution in [0.15, 0.2) is 127 Å². The van der Waals surface area contributed by atoms with Gasteiger partial charge in [0.15, 0.2) is 12.0 Å². The summed E-state index contributed by atoms with van der Waals surface area (Å²) in [6.07, 6.45) is 7.52. The summed E-state index contributed by atoms with van der Waals surface area (Å²) in [5.74, 6) is -2.42. The van der Waals surface area contributed by atoms with E-state index in [4.69, 9.17) is 19.2 Å². The van der Waals surface area contributed by atoms with Gasteiger partial charge in [-0.1, -0.05) is 97.1 Å². The summed E-state index contributed by atoms with van der Waals surface area (Å²) in [5, 5.41) is 3.18. The number of cyclic esters (lactones) is 1. The Morgan fingerprint density at radius 2 is 1.51 bits per heavy atom. The molecule has 1 N–H and O–H groups in total. The zero-order valence-corrected chi connectivity index (χ0v) is 28.3. The van der Waals surface area contributed by atoms with E-state index in [0.717, 1.165) is 22.3 Å². The molecule has 5 aliphatic heterocycles. The molecule has 0 saturated carbocycles. The first-order chi connectivity index (χ1) is 25.9. The third-order valence-corrected chi connectivity index (χ3v) is 11.5. The van der Waals surface area contributed by atoms with Gasteiger partial charge in [-0.05, 0) is 58.5 Å². The molecular weight excluding hydrogens is 672 g/mol. The van der Waals surface area contributed by atoms with Crippen LogP contribution in [0, 0.1) is 11.8 Å². The Bertz CT molecular complexity index is 2360. The number of hydrogen-bond acceptors (Lipinski definition) is 8. The number of hydrogen-bond donors (Lipinski definition) is 1. The van der Waals surface area contributed by atoms with Crippen LogP contribution in [0.25, 0.3) is 0 Å². The Kier molecular flexibility index (Phi) is 7.06. The van der Waals surface area contributed by atoms with Gasteiger partial charge in [-0.15, -0.1) is 0 Å². The first-order valence-electron chi connectivity index (χ1n) is 17.7. The van der Waals surface area contributed by atoms with Crippen LogP contribution in [0.4, 0.5) is 0 Å². The second-order valence-electron chi connectivity index (χ2n) is 14.2. The Balaban J connectivity index is 1.25. The summed E-state index contributed by atoms with van der Waals surface area (Å²) in [4.78, 5) is 71.1. The summed E-state index contributed by atoms with van der Waals surface area (Å²) < 4.78 is 12.6. The minimum absolute atomic E-state index is 0.154. The van der Waals surface area contributed by atoms with E-state index >= 15 is 0 Å². The molecule has 4 aromatic carbocycles. The van der Waals surface area contributed by atoms with Crippen LogP contribution in [-0.4, -0.2) is 41.0 Å². The van der Waals surface area contributed by atoms with Crippen LogP contribution >= 0.6 is 0 Å². The van der Waals surface area contributed by atoms with E-state index < -0.39 is 47.6 Å². The molecule has 5 heterocycles. The molecule has 4 aromatic rings. The quantitative estimate of drug-likeness (QED) is 0.165. The molecule has 0 saturated heterocycles. The van der Waals surface area contributed by atoms with Crippen molar-refractivity contribution in [2.75, 3.05) is 0 Å². The molecule has 6 aliphatic rings. The smallest absolute Gasteiger partial charge is 0.338 e. The summed E-state index contributed by atoms with van der Waals surface area (Å²) in [5.41, 5.74) is 3.51. The predicted molar refractivity (Wildman–Crippen MR) is 189 cm³/mol. The fourth-order valence-corrected chi connectivity index (χ4v) is 9.12. The summed E-state index contributed by atoms with van der Waals surface area (Å²) in [6.45, 7) is 0.154. The number of esters is 2. The second-order valence-corrected chi connectivity index (χ2v) is 14.2. The second kappa shape index (κ2) is 11.9. The van der Waals surface area contributed by atoms with Gasteiger partial charge in [0.1, 0.15) is 11.9 Å². The van der Waals surface area contributed by atoms with Gasteiger partial charge >= 0.3 is 11.9 Å². The van der Waals surface area contributed by atoms with E-state index in [1.54, 1.807) is 53.4 Å². The number of carbonyl (C=O) groups excluding carboxylic acids is 4. The fraction of sp³-hybridized carbons (Fsp3) is 0.209. The van der Waals surface area contributed by atoms with Crippen molar-refractivity contribution < 1.29 is 38.4 Å². The van der Waals surface area contributed by atoms with Crippen molar-refractivity contribution in [3.63, 3.8) is 0 Å². The van der Waals surface area contributed by atoms with Crippen LogP contribution in [-0.2, 0) is 44.0 Å². The van der Waals surface area contributed by atoms with Crippen molar-refractivity contribution in [2.45, 2.75) is 43.2 Å². The van der Waals surface area contributed by atoms with Gasteiger partial charge in [-0.25, -0.2) is 4.79 Å². The van der Waals surface area contributed by atoms with Gasteiger partial charge in [-0.2, -0.15) is 4.89 Å². The number of rotatable bonds is 4. The van der Waals surface area contributed by atoms with Crippen LogP contribution in [0.5, 0.6) is 11.5 Å². The minimum atomic E-state index is -1.63. The Morgan fingerprint density at radius 3 is 2.36 bits per heavy atom. The highest BCUT2D eigenvalue weighted by molar-refractivity contribution is 5.99. The van der Waals surface area contributed by atoms with E-state index in [9.17, 15) is 19.2 Å². The van der Waals surface area contributed by atoms with E-state index in [2.05, 4.69) is 5.32 Å². The molecule has 2 amide bonds. The molecule has 10 nitrogen and oxygen atoms in total. The van der Waals surface area contributed by atoms with E-state index in [1.165, 1.54) is 0 Å². The Labute approximate surface area is 304 Å². The normalized spacial score (nSPS) is 27.9. The minimum Gasteiger partial charge on any atom is -0.457 e. The van der Waals surface area contributed by atoms with Crippen molar-refractivity contribution >= 4 is 23.8 Å². The molecule has 0 aromatic heterocycles. The van der Waals surface area contributed by atoms with E-state index in [-0.39, 0.29) is 37.0 Å². The first-order valence-corrected chi connectivity index (χ1v) is 17.7. The summed E-state index contributed by atoms with van der Waals surface area (Å²) >= 11 is 0. The molecule has 6 unspecified atom stereocenters. The lowest BCUT2D eigenvalue weighted by Gasteiger charge is -2.54. The Morgan fingerprint density at radius 1 is 0.755 bits per heavy atom. The molecule has 0 bridgehead atoms. The first kappa shape index (κ1) is 31.5. The number of nitrogens with one attached hydrogen (secondary N) is 1. The van der Waals surface area contributed by atoms with E-state index in [0.29, 0.717) is 28.0 Å². The third-order valence-electron chi connectivity index (χ3n) is 11.5. The molecule has 10 rings (SSSR count). The van der Waals surface area contributed by atoms with Crippen LogP contribution in [0.3, 0.4) is 0 Å². The van der Waals surface area contributed by atoms with E-state index in [1.807, 2.05) is 72.8 Å².